The minimum absolute atomic E-state index is 0.114. The molecule has 1 aromatic heterocycles. The highest BCUT2D eigenvalue weighted by atomic mass is 16.5. The van der Waals surface area contributed by atoms with Crippen molar-refractivity contribution in [3.8, 4) is 0 Å². The van der Waals surface area contributed by atoms with Crippen molar-refractivity contribution in [1.29, 1.82) is 0 Å². The van der Waals surface area contributed by atoms with E-state index in [1.54, 1.807) is 6.08 Å². The number of carbonyl (C=O) groups is 2. The van der Waals surface area contributed by atoms with E-state index in [-0.39, 0.29) is 18.4 Å². The maximum absolute atomic E-state index is 13.5. The summed E-state index contributed by atoms with van der Waals surface area (Å²) < 4.78 is 6.15. The summed E-state index contributed by atoms with van der Waals surface area (Å²) in [6, 6.07) is -0.336. The second-order valence-corrected chi connectivity index (χ2v) is 11.1. The van der Waals surface area contributed by atoms with E-state index in [4.69, 9.17) is 19.8 Å². The standard InChI is InChI=1S/C35H47N3O4/c1-9-13-18-25(11-3)33-29(20-14-15-22-32(39)40)37-30-23-26(19-16-21-28(30)38-33)34(41)36-24(5)27(17-10-2)31(12-4)42-35(6,7)8/h10-13,16-18,21,23-24H,2,9,14-15,19-20,22H2,1,3-8H3,(H,36,41)(H,39,40)/b18-13-,25-11+,27-17-,31-12+. The Morgan fingerprint density at radius 3 is 2.50 bits per heavy atom. The molecule has 1 aliphatic carbocycles. The number of allylic oxidation sites excluding steroid dienone is 8. The number of fused-ring (bicyclic) bond motifs is 1. The fourth-order valence-corrected chi connectivity index (χ4v) is 4.49. The molecule has 1 unspecified atom stereocenters. The third-order valence-corrected chi connectivity index (χ3v) is 6.49. The van der Waals surface area contributed by atoms with Gasteiger partial charge in [-0.1, -0.05) is 50.0 Å². The van der Waals surface area contributed by atoms with Crippen LogP contribution in [0.1, 0.15) is 103 Å². The van der Waals surface area contributed by atoms with Crippen LogP contribution in [0, 0.1) is 0 Å². The van der Waals surface area contributed by atoms with Gasteiger partial charge in [0.25, 0.3) is 0 Å². The van der Waals surface area contributed by atoms with E-state index in [2.05, 4.69) is 24.9 Å². The van der Waals surface area contributed by atoms with Crippen LogP contribution in [-0.4, -0.2) is 38.6 Å². The molecule has 1 amide bonds. The molecule has 2 rings (SSSR count). The van der Waals surface area contributed by atoms with E-state index in [0.29, 0.717) is 48.4 Å². The molecule has 0 aromatic carbocycles. The van der Waals surface area contributed by atoms with Crippen LogP contribution in [-0.2, 0) is 20.7 Å². The monoisotopic (exact) mass is 573 g/mol. The van der Waals surface area contributed by atoms with E-state index < -0.39 is 11.6 Å². The number of nitrogens with zero attached hydrogens (tertiary/aromatic N) is 2. The predicted octanol–water partition coefficient (Wildman–Crippen LogP) is 7.78. The van der Waals surface area contributed by atoms with Gasteiger partial charge in [0, 0.05) is 17.6 Å². The first-order valence-corrected chi connectivity index (χ1v) is 14.8. The van der Waals surface area contributed by atoms with Gasteiger partial charge in [-0.2, -0.15) is 0 Å². The van der Waals surface area contributed by atoms with Gasteiger partial charge in [-0.3, -0.25) is 9.59 Å². The average molecular weight is 574 g/mol. The number of carboxylic acids is 1. The number of amides is 1. The number of aromatic nitrogens is 2. The van der Waals surface area contributed by atoms with E-state index in [0.717, 1.165) is 29.0 Å². The first kappa shape index (κ1) is 34.2. The number of rotatable bonds is 14. The summed E-state index contributed by atoms with van der Waals surface area (Å²) in [4.78, 5) is 34.5. The fraction of sp³-hybridized carbons (Fsp3) is 0.429. The quantitative estimate of drug-likeness (QED) is 0.134. The Hall–Kier alpha value is -4.00. The number of carboxylic acid groups (broad SMARTS) is 1. The highest BCUT2D eigenvalue weighted by molar-refractivity contribution is 5.99. The van der Waals surface area contributed by atoms with Crippen LogP contribution in [0.5, 0.6) is 0 Å². The molecule has 0 radical (unpaired) electrons. The number of nitrogens with one attached hydrogen (secondary N) is 1. The molecular weight excluding hydrogens is 526 g/mol. The van der Waals surface area contributed by atoms with Crippen LogP contribution >= 0.6 is 0 Å². The minimum Gasteiger partial charge on any atom is -0.488 e. The maximum Gasteiger partial charge on any atom is 0.303 e. The minimum atomic E-state index is -0.807. The molecule has 0 saturated carbocycles. The summed E-state index contributed by atoms with van der Waals surface area (Å²) >= 11 is 0. The number of aryl methyl sites for hydroxylation is 1. The van der Waals surface area contributed by atoms with E-state index in [9.17, 15) is 9.59 Å². The van der Waals surface area contributed by atoms with Crippen molar-refractivity contribution in [3.05, 3.63) is 88.8 Å². The smallest absolute Gasteiger partial charge is 0.303 e. The highest BCUT2D eigenvalue weighted by Gasteiger charge is 2.23. The molecule has 1 aromatic rings. The Morgan fingerprint density at radius 2 is 1.90 bits per heavy atom. The van der Waals surface area contributed by atoms with Gasteiger partial charge in [-0.25, -0.2) is 9.97 Å². The lowest BCUT2D eigenvalue weighted by Gasteiger charge is -2.27. The highest BCUT2D eigenvalue weighted by Crippen LogP contribution is 2.27. The molecule has 1 heterocycles. The van der Waals surface area contributed by atoms with Crippen LogP contribution in [0.3, 0.4) is 0 Å². The summed E-state index contributed by atoms with van der Waals surface area (Å²) in [6.45, 7) is 17.7. The number of hydrogen-bond donors (Lipinski definition) is 2. The zero-order chi connectivity index (χ0) is 31.3. The number of aliphatic carboxylic acids is 1. The van der Waals surface area contributed by atoms with E-state index in [1.165, 1.54) is 0 Å². The fourth-order valence-electron chi connectivity index (χ4n) is 4.49. The Balaban J connectivity index is 2.44. The molecular formula is C35H47N3O4. The Bertz CT molecular complexity index is 1320. The molecule has 1 atom stereocenters. The summed E-state index contributed by atoms with van der Waals surface area (Å²) in [5.41, 5.74) is 4.87. The molecule has 0 saturated heterocycles. The SMILES string of the molecule is C=C/C=C(\C(=C/C)OC(C)(C)C)C(C)NC(=O)C1=Cc2nc(CCCCC(=O)O)c(C(/C=C\CC)=C/C)nc2C=CC1. The van der Waals surface area contributed by atoms with Crippen molar-refractivity contribution < 1.29 is 19.4 Å². The third kappa shape index (κ3) is 10.4. The van der Waals surface area contributed by atoms with Crippen molar-refractivity contribution >= 4 is 29.6 Å². The van der Waals surface area contributed by atoms with Gasteiger partial charge in [-0.05, 0) is 97.4 Å². The van der Waals surface area contributed by atoms with Crippen molar-refractivity contribution in [3.63, 3.8) is 0 Å². The summed E-state index contributed by atoms with van der Waals surface area (Å²) in [6.07, 6.45) is 20.5. The van der Waals surface area contributed by atoms with Crippen LogP contribution in [0.25, 0.3) is 17.7 Å². The Kier molecular flexibility index (Phi) is 13.4. The molecule has 0 bridgehead atoms. The van der Waals surface area contributed by atoms with Crippen molar-refractivity contribution in [2.24, 2.45) is 0 Å². The van der Waals surface area contributed by atoms with Gasteiger partial charge in [0.15, 0.2) is 0 Å². The lowest BCUT2D eigenvalue weighted by molar-refractivity contribution is -0.137. The van der Waals surface area contributed by atoms with Crippen LogP contribution in [0.4, 0.5) is 0 Å². The largest absolute Gasteiger partial charge is 0.488 e. The van der Waals surface area contributed by atoms with Gasteiger partial charge >= 0.3 is 5.97 Å². The molecule has 7 heteroatoms. The molecule has 42 heavy (non-hydrogen) atoms. The van der Waals surface area contributed by atoms with Crippen molar-refractivity contribution in [2.75, 3.05) is 0 Å². The van der Waals surface area contributed by atoms with Gasteiger partial charge in [-0.15, -0.1) is 0 Å². The van der Waals surface area contributed by atoms with Gasteiger partial charge in [0.2, 0.25) is 5.91 Å². The van der Waals surface area contributed by atoms with Crippen LogP contribution < -0.4 is 5.32 Å². The van der Waals surface area contributed by atoms with Crippen LogP contribution in [0.2, 0.25) is 0 Å². The van der Waals surface area contributed by atoms with Gasteiger partial charge < -0.3 is 15.2 Å². The second kappa shape index (κ2) is 16.4. The first-order valence-electron chi connectivity index (χ1n) is 14.8. The Morgan fingerprint density at radius 1 is 1.17 bits per heavy atom. The van der Waals surface area contributed by atoms with Gasteiger partial charge in [0.1, 0.15) is 11.4 Å². The molecule has 0 aliphatic heterocycles. The number of carbonyl (C=O) groups excluding carboxylic acids is 1. The average Bonchev–Trinajstić information content (AvgIpc) is 3.14. The van der Waals surface area contributed by atoms with E-state index in [1.807, 2.05) is 84.1 Å². The topological polar surface area (TPSA) is 101 Å². The summed E-state index contributed by atoms with van der Waals surface area (Å²) in [5, 5.41) is 12.2. The number of unbranched alkanes of at least 4 members (excludes halogenated alkanes) is 1. The van der Waals surface area contributed by atoms with Crippen LogP contribution in [0.15, 0.2) is 66.0 Å². The molecule has 2 N–H and O–H groups in total. The maximum atomic E-state index is 13.5. The van der Waals surface area contributed by atoms with E-state index >= 15 is 0 Å². The van der Waals surface area contributed by atoms with Crippen molar-refractivity contribution in [1.82, 2.24) is 15.3 Å². The summed E-state index contributed by atoms with van der Waals surface area (Å²) in [7, 11) is 0. The normalized spacial score (nSPS) is 15.1. The zero-order valence-corrected chi connectivity index (χ0v) is 26.3. The molecule has 1 aliphatic rings. The third-order valence-electron chi connectivity index (χ3n) is 6.49. The summed E-state index contributed by atoms with van der Waals surface area (Å²) in [5.74, 6) is -0.313. The Labute approximate surface area is 251 Å². The molecule has 0 spiro atoms. The molecule has 7 nitrogen and oxygen atoms in total. The number of ether oxygens (including phenoxy) is 1. The zero-order valence-electron chi connectivity index (χ0n) is 26.3. The molecule has 0 fully saturated rings. The lowest BCUT2D eigenvalue weighted by atomic mass is 10.0. The predicted molar refractivity (Wildman–Crippen MR) is 172 cm³/mol. The second-order valence-electron chi connectivity index (χ2n) is 11.1. The first-order chi connectivity index (χ1) is 19.9. The molecule has 226 valence electrons. The van der Waals surface area contributed by atoms with Gasteiger partial charge in [0.05, 0.1) is 28.8 Å². The number of hydrogen-bond acceptors (Lipinski definition) is 5. The van der Waals surface area contributed by atoms with Crippen molar-refractivity contribution in [2.45, 2.75) is 98.6 Å². The lowest BCUT2D eigenvalue weighted by Crippen LogP contribution is -2.36.